The normalized spacial score (nSPS) is 20.6. The Bertz CT molecular complexity index is 555. The predicted octanol–water partition coefficient (Wildman–Crippen LogP) is 2.75. The lowest BCUT2D eigenvalue weighted by atomic mass is 10.0. The van der Waals surface area contributed by atoms with Crippen molar-refractivity contribution >= 4 is 10.0 Å². The first-order chi connectivity index (χ1) is 10.1. The summed E-state index contributed by atoms with van der Waals surface area (Å²) in [5.41, 5.74) is 0.848. The fourth-order valence-electron chi connectivity index (χ4n) is 3.13. The van der Waals surface area contributed by atoms with E-state index < -0.39 is 10.0 Å². The van der Waals surface area contributed by atoms with Crippen molar-refractivity contribution in [3.63, 3.8) is 0 Å². The van der Waals surface area contributed by atoms with Crippen LogP contribution >= 0.6 is 0 Å². The van der Waals surface area contributed by atoms with E-state index in [2.05, 4.69) is 12.2 Å². The van der Waals surface area contributed by atoms with Crippen LogP contribution in [0.1, 0.15) is 44.6 Å². The molecule has 1 saturated heterocycles. The van der Waals surface area contributed by atoms with Crippen LogP contribution in [0.15, 0.2) is 29.2 Å². The molecule has 0 spiro atoms. The highest BCUT2D eigenvalue weighted by atomic mass is 32.2. The zero-order chi connectivity index (χ0) is 15.3. The molecule has 1 atom stereocenters. The minimum Gasteiger partial charge on any atom is -0.316 e. The van der Waals surface area contributed by atoms with Gasteiger partial charge in [0.25, 0.3) is 0 Å². The maximum absolute atomic E-state index is 13.1. The molecule has 1 aromatic carbocycles. The molecule has 1 aliphatic rings. The molecule has 0 saturated carbocycles. The molecule has 0 aliphatic carbocycles. The van der Waals surface area contributed by atoms with Gasteiger partial charge in [-0.1, -0.05) is 38.0 Å². The van der Waals surface area contributed by atoms with Gasteiger partial charge < -0.3 is 5.32 Å². The number of benzene rings is 1. The molecule has 1 aliphatic heterocycles. The van der Waals surface area contributed by atoms with Crippen LogP contribution in [-0.4, -0.2) is 32.4 Å². The van der Waals surface area contributed by atoms with Crippen molar-refractivity contribution in [3.8, 4) is 0 Å². The molecule has 1 fully saturated rings. The molecule has 0 aromatic heterocycles. The fraction of sp³-hybridized carbons (Fsp3) is 0.625. The summed E-state index contributed by atoms with van der Waals surface area (Å²) in [5, 5.41) is 3.05. The van der Waals surface area contributed by atoms with Crippen LogP contribution < -0.4 is 5.32 Å². The van der Waals surface area contributed by atoms with Crippen LogP contribution in [0.5, 0.6) is 0 Å². The maximum Gasteiger partial charge on any atom is 0.243 e. The fourth-order valence-corrected chi connectivity index (χ4v) is 5.08. The smallest absolute Gasteiger partial charge is 0.243 e. The molecule has 0 bridgehead atoms. The van der Waals surface area contributed by atoms with Crippen molar-refractivity contribution in [2.45, 2.75) is 56.5 Å². The summed E-state index contributed by atoms with van der Waals surface area (Å²) >= 11 is 0. The Labute approximate surface area is 128 Å². The quantitative estimate of drug-likeness (QED) is 0.879. The van der Waals surface area contributed by atoms with Crippen LogP contribution in [0.2, 0.25) is 0 Å². The van der Waals surface area contributed by atoms with E-state index in [1.165, 1.54) is 0 Å². The van der Waals surface area contributed by atoms with E-state index in [0.29, 0.717) is 18.0 Å². The zero-order valence-electron chi connectivity index (χ0n) is 13.0. The molecule has 4 nitrogen and oxygen atoms in total. The maximum atomic E-state index is 13.1. The van der Waals surface area contributed by atoms with Crippen LogP contribution in [0, 0.1) is 0 Å². The van der Waals surface area contributed by atoms with Crippen LogP contribution in [0.4, 0.5) is 0 Å². The van der Waals surface area contributed by atoms with Crippen molar-refractivity contribution in [3.05, 3.63) is 29.8 Å². The van der Waals surface area contributed by atoms with Crippen molar-refractivity contribution in [1.29, 1.82) is 0 Å². The number of sulfonamides is 1. The molecule has 0 amide bonds. The highest BCUT2D eigenvalue weighted by molar-refractivity contribution is 7.89. The molecular weight excluding hydrogens is 284 g/mol. The lowest BCUT2D eigenvalue weighted by Gasteiger charge is -2.35. The second kappa shape index (κ2) is 7.38. The van der Waals surface area contributed by atoms with Gasteiger partial charge in [0, 0.05) is 19.1 Å². The summed E-state index contributed by atoms with van der Waals surface area (Å²) in [7, 11) is -1.56. The van der Waals surface area contributed by atoms with Gasteiger partial charge in [0.1, 0.15) is 0 Å². The minimum atomic E-state index is -3.39. The first kappa shape index (κ1) is 16.5. The molecule has 1 heterocycles. The van der Waals surface area contributed by atoms with E-state index in [-0.39, 0.29) is 6.04 Å². The Morgan fingerprint density at radius 3 is 2.76 bits per heavy atom. The first-order valence-electron chi connectivity index (χ1n) is 7.85. The lowest BCUT2D eigenvalue weighted by molar-refractivity contribution is 0.239. The SMILES string of the molecule is CCCC1CCCCN1S(=O)(=O)c1ccccc1CNC. The molecule has 21 heavy (non-hydrogen) atoms. The van der Waals surface area contributed by atoms with Crippen molar-refractivity contribution in [2.24, 2.45) is 0 Å². The average molecular weight is 310 g/mol. The predicted molar refractivity (Wildman–Crippen MR) is 85.6 cm³/mol. The Balaban J connectivity index is 2.36. The molecule has 1 N–H and O–H groups in total. The Morgan fingerprint density at radius 1 is 1.29 bits per heavy atom. The Morgan fingerprint density at radius 2 is 2.05 bits per heavy atom. The number of piperidine rings is 1. The number of nitrogens with zero attached hydrogens (tertiary/aromatic N) is 1. The van der Waals surface area contributed by atoms with E-state index in [9.17, 15) is 8.42 Å². The highest BCUT2D eigenvalue weighted by Gasteiger charge is 2.33. The summed E-state index contributed by atoms with van der Waals surface area (Å²) in [6.45, 7) is 3.34. The largest absolute Gasteiger partial charge is 0.316 e. The van der Waals surface area contributed by atoms with E-state index in [1.54, 1.807) is 10.4 Å². The second-order valence-electron chi connectivity index (χ2n) is 5.69. The first-order valence-corrected chi connectivity index (χ1v) is 9.29. The summed E-state index contributed by atoms with van der Waals surface area (Å²) in [5.74, 6) is 0. The van der Waals surface area contributed by atoms with Crippen molar-refractivity contribution in [2.75, 3.05) is 13.6 Å². The number of hydrogen-bond acceptors (Lipinski definition) is 3. The van der Waals surface area contributed by atoms with Gasteiger partial charge in [0.05, 0.1) is 4.90 Å². The molecule has 0 radical (unpaired) electrons. The summed E-state index contributed by atoms with van der Waals surface area (Å²) in [6.07, 6.45) is 5.06. The Hall–Kier alpha value is -0.910. The van der Waals surface area contributed by atoms with Crippen molar-refractivity contribution in [1.82, 2.24) is 9.62 Å². The molecule has 118 valence electrons. The van der Waals surface area contributed by atoms with Gasteiger partial charge in [-0.25, -0.2) is 8.42 Å². The summed E-state index contributed by atoms with van der Waals surface area (Å²) in [6, 6.07) is 7.49. The van der Waals surface area contributed by atoms with Crippen LogP contribution in [-0.2, 0) is 16.6 Å². The number of nitrogens with one attached hydrogen (secondary N) is 1. The van der Waals surface area contributed by atoms with Gasteiger partial charge in [-0.2, -0.15) is 4.31 Å². The monoisotopic (exact) mass is 310 g/mol. The second-order valence-corrected chi connectivity index (χ2v) is 7.55. The van der Waals surface area contributed by atoms with Gasteiger partial charge in [0.2, 0.25) is 10.0 Å². The van der Waals surface area contributed by atoms with Gasteiger partial charge >= 0.3 is 0 Å². The van der Waals surface area contributed by atoms with E-state index in [4.69, 9.17) is 0 Å². The molecule has 5 heteroatoms. The van der Waals surface area contributed by atoms with Crippen LogP contribution in [0.25, 0.3) is 0 Å². The van der Waals surface area contributed by atoms with Gasteiger partial charge in [-0.15, -0.1) is 0 Å². The minimum absolute atomic E-state index is 0.163. The third kappa shape index (κ3) is 3.65. The van der Waals surface area contributed by atoms with E-state index in [0.717, 1.165) is 37.7 Å². The Kier molecular flexibility index (Phi) is 5.79. The molecule has 1 unspecified atom stereocenters. The van der Waals surface area contributed by atoms with Gasteiger partial charge in [-0.3, -0.25) is 0 Å². The van der Waals surface area contributed by atoms with E-state index >= 15 is 0 Å². The molecule has 1 aromatic rings. The van der Waals surface area contributed by atoms with Crippen LogP contribution in [0.3, 0.4) is 0 Å². The summed E-state index contributed by atoms with van der Waals surface area (Å²) in [4.78, 5) is 0.461. The third-order valence-corrected chi connectivity index (χ3v) is 6.17. The topological polar surface area (TPSA) is 49.4 Å². The van der Waals surface area contributed by atoms with Gasteiger partial charge in [-0.05, 0) is 37.9 Å². The average Bonchev–Trinajstić information content (AvgIpc) is 2.49. The standard InChI is InChI=1S/C16H26N2O2S/c1-3-8-15-10-6-7-12-18(15)21(19,20)16-11-5-4-9-14(16)13-17-2/h4-5,9,11,15,17H,3,6-8,10,12-13H2,1-2H3. The van der Waals surface area contributed by atoms with Gasteiger partial charge in [0.15, 0.2) is 0 Å². The number of hydrogen-bond donors (Lipinski definition) is 1. The third-order valence-electron chi connectivity index (χ3n) is 4.12. The zero-order valence-corrected chi connectivity index (χ0v) is 13.8. The highest BCUT2D eigenvalue weighted by Crippen LogP contribution is 2.29. The number of rotatable bonds is 6. The molecule has 2 rings (SSSR count). The lowest BCUT2D eigenvalue weighted by Crippen LogP contribution is -2.43. The molecular formula is C16H26N2O2S. The van der Waals surface area contributed by atoms with Crippen molar-refractivity contribution < 1.29 is 8.42 Å². The van der Waals surface area contributed by atoms with E-state index in [1.807, 2.05) is 25.2 Å². The summed E-state index contributed by atoms with van der Waals surface area (Å²) < 4.78 is 27.9.